The summed E-state index contributed by atoms with van der Waals surface area (Å²) in [5.74, 6) is 0.240. The molecule has 22 heteroatoms. The summed E-state index contributed by atoms with van der Waals surface area (Å²) in [4.78, 5) is 0. The summed E-state index contributed by atoms with van der Waals surface area (Å²) in [5, 5.41) is 112. The normalized spacial score (nSPS) is 18.9. The zero-order valence-electron chi connectivity index (χ0n) is 56.8. The van der Waals surface area contributed by atoms with Gasteiger partial charge < -0.3 is 107 Å². The monoisotopic (exact) mass is 1450 g/mol. The first-order chi connectivity index (χ1) is 46.4. The first-order valence-corrected chi connectivity index (χ1v) is 32.4. The van der Waals surface area contributed by atoms with Crippen molar-refractivity contribution in [2.24, 2.45) is 45.9 Å². The number of para-hydroxylation sites is 8. The van der Waals surface area contributed by atoms with Crippen LogP contribution in [0, 0.1) is 0 Å². The third kappa shape index (κ3) is 34.5. The van der Waals surface area contributed by atoms with Gasteiger partial charge in [-0.05, 0) is 97.9 Å². The second-order valence-electron chi connectivity index (χ2n) is 22.5. The molecule has 4 saturated carbocycles. The van der Waals surface area contributed by atoms with E-state index in [4.69, 9.17) is 66.3 Å². The fourth-order valence-electron chi connectivity index (χ4n) is 10.3. The Morgan fingerprint density at radius 2 is 0.327 bits per heavy atom. The van der Waals surface area contributed by atoms with Gasteiger partial charge in [0.25, 0.3) is 0 Å². The summed E-state index contributed by atoms with van der Waals surface area (Å²) < 4.78 is 0. The summed E-state index contributed by atoms with van der Waals surface area (Å²) in [7, 11) is 4.00. The van der Waals surface area contributed by atoms with Crippen molar-refractivity contribution in [2.45, 2.75) is 151 Å². The SMILES string of the molecule is CO.CO.CO.CO.N[C@H]1CCCC[C@@H]1N.N[C@H]1CCCC[C@@H]1N.N[C@H]1CCCC[C@@H]1N.N[C@H]1CCCC[C@@H]1N.[Cu+2].[Cu+2].[O-]c1ccccc1-c1ccccc1O.[O-]c1ccccc1-c1ccccc1O.[O-]c1ccccc1-c1ccccc1O.[O-]c1ccccc1-c1ccccc1O. The Kier molecular flexibility index (Phi) is 52.6. The van der Waals surface area contributed by atoms with Gasteiger partial charge in [0, 0.05) is 99.0 Å². The zero-order chi connectivity index (χ0) is 71.8. The fourth-order valence-corrected chi connectivity index (χ4v) is 10.3. The molecule has 8 atom stereocenters. The van der Waals surface area contributed by atoms with Crippen molar-refractivity contribution in [3.05, 3.63) is 194 Å². The van der Waals surface area contributed by atoms with Crippen LogP contribution in [0.4, 0.5) is 0 Å². The molecule has 20 nitrogen and oxygen atoms in total. The van der Waals surface area contributed by atoms with Gasteiger partial charge in [-0.1, -0.05) is 221 Å². The number of benzene rings is 8. The van der Waals surface area contributed by atoms with Gasteiger partial charge in [0.2, 0.25) is 0 Å². The quantitative estimate of drug-likeness (QED) is 0.0746. The van der Waals surface area contributed by atoms with Crippen LogP contribution in [-0.4, -0.2) is 118 Å². The van der Waals surface area contributed by atoms with E-state index >= 15 is 0 Å². The molecule has 24 N–H and O–H groups in total. The number of nitrogens with two attached hydrogens (primary N) is 8. The summed E-state index contributed by atoms with van der Waals surface area (Å²) in [6.45, 7) is 0. The molecule has 12 rings (SSSR count). The molecule has 4 fully saturated rings. The van der Waals surface area contributed by atoms with E-state index in [0.717, 1.165) is 79.8 Å². The van der Waals surface area contributed by atoms with Crippen LogP contribution in [0.25, 0.3) is 44.5 Å². The smallest absolute Gasteiger partial charge is 0.872 e. The number of rotatable bonds is 4. The van der Waals surface area contributed by atoms with Gasteiger partial charge in [-0.3, -0.25) is 0 Å². The van der Waals surface area contributed by atoms with Crippen molar-refractivity contribution in [3.8, 4) is 90.5 Å². The first kappa shape index (κ1) is 92.8. The molecule has 2 radical (unpaired) electrons. The summed E-state index contributed by atoms with van der Waals surface area (Å²) in [5.41, 5.74) is 49.7. The average Bonchev–Trinajstić information content (AvgIpc) is 0.885. The van der Waals surface area contributed by atoms with E-state index in [1.54, 1.807) is 170 Å². The van der Waals surface area contributed by atoms with Crippen molar-refractivity contribution in [2.75, 3.05) is 28.4 Å². The van der Waals surface area contributed by atoms with E-state index in [-0.39, 0.29) is 128 Å². The van der Waals surface area contributed by atoms with E-state index in [0.29, 0.717) is 44.5 Å². The Hall–Kier alpha value is -7.28. The average molecular weight is 1450 g/mol. The minimum atomic E-state index is -0.0750. The molecule has 98 heavy (non-hydrogen) atoms. The van der Waals surface area contributed by atoms with Crippen molar-refractivity contribution in [1.29, 1.82) is 0 Å². The molecule has 4 aliphatic carbocycles. The van der Waals surface area contributed by atoms with Crippen LogP contribution in [0.5, 0.6) is 46.0 Å². The Labute approximate surface area is 602 Å². The minimum Gasteiger partial charge on any atom is -0.872 e. The molecule has 0 saturated heterocycles. The fraction of sp³-hybridized carbons (Fsp3) is 0.368. The van der Waals surface area contributed by atoms with Crippen LogP contribution in [0.3, 0.4) is 0 Å². The van der Waals surface area contributed by atoms with Gasteiger partial charge in [0.05, 0.1) is 0 Å². The summed E-state index contributed by atoms with van der Waals surface area (Å²) in [6.07, 6.45) is 19.2. The van der Waals surface area contributed by atoms with Crippen LogP contribution in [0.1, 0.15) is 103 Å². The minimum absolute atomic E-state index is 0. The molecule has 0 aliphatic heterocycles. The van der Waals surface area contributed by atoms with Gasteiger partial charge >= 0.3 is 34.1 Å². The molecule has 0 spiro atoms. The van der Waals surface area contributed by atoms with Gasteiger partial charge in [-0.25, -0.2) is 0 Å². The van der Waals surface area contributed by atoms with Gasteiger partial charge in [-0.2, -0.15) is 0 Å². The number of phenols is 4. The number of hydrogen-bond acceptors (Lipinski definition) is 20. The Morgan fingerprint density at radius 3 is 0.439 bits per heavy atom. The number of phenolic OH excluding ortho intramolecular Hbond substituents is 4. The number of aromatic hydroxyl groups is 4. The molecule has 0 unspecified atom stereocenters. The topological polar surface area (TPSA) is 462 Å². The van der Waals surface area contributed by atoms with Gasteiger partial charge in [0.15, 0.2) is 0 Å². The number of aliphatic hydroxyl groups excluding tert-OH is 4. The second kappa shape index (κ2) is 55.6. The second-order valence-corrected chi connectivity index (χ2v) is 22.5. The Morgan fingerprint density at radius 1 is 0.214 bits per heavy atom. The molecule has 4 aliphatic rings. The molecule has 8 aromatic rings. The third-order valence-electron chi connectivity index (χ3n) is 15.8. The van der Waals surface area contributed by atoms with Gasteiger partial charge in [0.1, 0.15) is 23.0 Å². The summed E-state index contributed by atoms with van der Waals surface area (Å²) >= 11 is 0. The van der Waals surface area contributed by atoms with Crippen molar-refractivity contribution >= 4 is 0 Å². The van der Waals surface area contributed by atoms with Crippen LogP contribution in [-0.2, 0) is 34.1 Å². The van der Waals surface area contributed by atoms with E-state index in [1.165, 1.54) is 75.6 Å². The van der Waals surface area contributed by atoms with E-state index in [2.05, 4.69) is 0 Å². The van der Waals surface area contributed by atoms with Gasteiger partial charge in [-0.15, -0.1) is 23.0 Å². The maximum atomic E-state index is 11.5. The third-order valence-corrected chi connectivity index (χ3v) is 15.8. The predicted molar refractivity (Wildman–Crippen MR) is 382 cm³/mol. The first-order valence-electron chi connectivity index (χ1n) is 32.4. The van der Waals surface area contributed by atoms with Crippen LogP contribution < -0.4 is 66.3 Å². The maximum Gasteiger partial charge on any atom is 2.00 e. The largest absolute Gasteiger partial charge is 2.00 e. The molecule has 0 bridgehead atoms. The molecule has 0 heterocycles. The van der Waals surface area contributed by atoms with E-state index in [9.17, 15) is 40.9 Å². The molecule has 0 aromatic heterocycles. The van der Waals surface area contributed by atoms with E-state index in [1.807, 2.05) is 0 Å². The van der Waals surface area contributed by atoms with Crippen molar-refractivity contribution < 1.29 is 95.4 Å². The van der Waals surface area contributed by atoms with Crippen molar-refractivity contribution in [1.82, 2.24) is 0 Å². The maximum absolute atomic E-state index is 11.5. The standard InChI is InChI=1S/4C12H10O2.4C6H14N2.4CH4O.2Cu/c4*13-11-7-3-1-5-9(11)10-6-2-4-8-12(10)14;4*7-5-3-1-2-4-6(5)8;4*1-2;;/h4*1-8,13-14H;4*5-6H,1-4,7-8H2;4*2H,1H3;;/q;;;;;;;;;;;;2*+2/p-4/t;;;;4*5-,6-;;;;;;/m....0000....../s1. The Balaban J connectivity index is 0. The molecule has 546 valence electrons. The molecule has 0 amide bonds. The van der Waals surface area contributed by atoms with Crippen LogP contribution >= 0.6 is 0 Å². The zero-order valence-corrected chi connectivity index (χ0v) is 58.7. The van der Waals surface area contributed by atoms with Crippen LogP contribution in [0.15, 0.2) is 194 Å². The van der Waals surface area contributed by atoms with Crippen LogP contribution in [0.2, 0.25) is 0 Å². The Bertz CT molecular complexity index is 2650. The number of hydrogen-bond donors (Lipinski definition) is 16. The predicted octanol–water partition coefficient (Wildman–Crippen LogP) is 7.82. The molecular weight excluding hydrogens is 1340 g/mol. The van der Waals surface area contributed by atoms with Crippen molar-refractivity contribution in [3.63, 3.8) is 0 Å². The molecule has 8 aromatic carbocycles. The van der Waals surface area contributed by atoms with E-state index < -0.39 is 0 Å². The summed E-state index contributed by atoms with van der Waals surface area (Å²) in [6, 6.07) is 56.2. The number of aliphatic hydroxyl groups is 4. The molecular formula is C76H108Cu2N8O12.